The summed E-state index contributed by atoms with van der Waals surface area (Å²) in [6.45, 7) is 25.9. The molecule has 0 fully saturated rings. The Morgan fingerprint density at radius 3 is 1.94 bits per heavy atom. The van der Waals surface area contributed by atoms with Crippen molar-refractivity contribution in [1.82, 2.24) is 5.32 Å². The van der Waals surface area contributed by atoms with E-state index in [9.17, 15) is 4.79 Å². The van der Waals surface area contributed by atoms with Crippen LogP contribution in [0.4, 0.5) is 0 Å². The van der Waals surface area contributed by atoms with E-state index in [4.69, 9.17) is 0 Å². The minimum atomic E-state index is 0.114. The van der Waals surface area contributed by atoms with E-state index in [2.05, 4.69) is 93.2 Å². The third kappa shape index (κ3) is 11.0. The predicted molar refractivity (Wildman–Crippen MR) is 152 cm³/mol. The number of thioether (sulfide) groups is 1. The average molecular weight is 484 g/mol. The highest BCUT2D eigenvalue weighted by molar-refractivity contribution is 8.01. The Morgan fingerprint density at radius 1 is 0.848 bits per heavy atom. The maximum atomic E-state index is 13.1. The predicted octanol–water partition coefficient (Wildman–Crippen LogP) is 9.80. The van der Waals surface area contributed by atoms with Gasteiger partial charge in [-0.05, 0) is 62.7 Å². The van der Waals surface area contributed by atoms with Gasteiger partial charge in [0.25, 0.3) is 0 Å². The molecule has 0 saturated heterocycles. The molecule has 0 aromatic carbocycles. The first-order valence-electron chi connectivity index (χ1n) is 14.4. The lowest BCUT2D eigenvalue weighted by Gasteiger charge is -2.47. The standard InChI is InChI=1S/C30H61NOS/c1-12-18-19-20-24(7)31-27(32)25(14-3)22-30(11,17-6)33-26(15-4)23-29(10,16-5)28(8,9)21-13-2/h24-26H,12-23H2,1-11H3,(H,31,32). The van der Waals surface area contributed by atoms with Crippen LogP contribution < -0.4 is 5.32 Å². The number of rotatable bonds is 19. The number of carbonyl (C=O) groups excluding carboxylic acids is 1. The molecule has 0 saturated carbocycles. The molecule has 198 valence electrons. The molecule has 0 radical (unpaired) electrons. The highest BCUT2D eigenvalue weighted by Crippen LogP contribution is 2.51. The number of amides is 1. The lowest BCUT2D eigenvalue weighted by Crippen LogP contribution is -2.41. The molecule has 0 heterocycles. The molecule has 0 aromatic heterocycles. The van der Waals surface area contributed by atoms with Crippen molar-refractivity contribution < 1.29 is 4.79 Å². The van der Waals surface area contributed by atoms with Crippen molar-refractivity contribution in [2.75, 3.05) is 0 Å². The number of hydrogen-bond donors (Lipinski definition) is 1. The van der Waals surface area contributed by atoms with E-state index in [1.54, 1.807) is 0 Å². The fourth-order valence-corrected chi connectivity index (χ4v) is 7.24. The molecule has 0 aliphatic heterocycles. The zero-order valence-electron chi connectivity index (χ0n) is 24.5. The first-order chi connectivity index (χ1) is 15.4. The van der Waals surface area contributed by atoms with Crippen molar-refractivity contribution in [3.8, 4) is 0 Å². The molecule has 0 aliphatic carbocycles. The first-order valence-corrected chi connectivity index (χ1v) is 15.2. The molecule has 0 spiro atoms. The molecule has 2 nitrogen and oxygen atoms in total. The Hall–Kier alpha value is -0.180. The normalized spacial score (nSPS) is 18.8. The summed E-state index contributed by atoms with van der Waals surface area (Å²) in [5.74, 6) is 0.389. The van der Waals surface area contributed by atoms with Crippen molar-refractivity contribution in [1.29, 1.82) is 0 Å². The minimum Gasteiger partial charge on any atom is -0.353 e. The molecule has 5 unspecified atom stereocenters. The molecule has 5 atom stereocenters. The summed E-state index contributed by atoms with van der Waals surface area (Å²) in [5, 5.41) is 3.98. The smallest absolute Gasteiger partial charge is 0.223 e. The fraction of sp³-hybridized carbons (Fsp3) is 0.967. The van der Waals surface area contributed by atoms with Crippen molar-refractivity contribution >= 4 is 17.7 Å². The van der Waals surface area contributed by atoms with Crippen molar-refractivity contribution in [3.05, 3.63) is 0 Å². The quantitative estimate of drug-likeness (QED) is 0.185. The van der Waals surface area contributed by atoms with Crippen LogP contribution in [0.3, 0.4) is 0 Å². The van der Waals surface area contributed by atoms with Gasteiger partial charge in [-0.3, -0.25) is 4.79 Å². The number of carbonyl (C=O) groups is 1. The molecule has 0 rings (SSSR count). The van der Waals surface area contributed by atoms with Gasteiger partial charge in [-0.1, -0.05) is 101 Å². The third-order valence-corrected chi connectivity index (χ3v) is 10.7. The number of unbranched alkanes of at least 4 members (excludes halogenated alkanes) is 2. The van der Waals surface area contributed by atoms with Crippen molar-refractivity contribution in [2.24, 2.45) is 16.7 Å². The minimum absolute atomic E-state index is 0.114. The van der Waals surface area contributed by atoms with Gasteiger partial charge in [0.05, 0.1) is 0 Å². The van der Waals surface area contributed by atoms with Gasteiger partial charge in [0.1, 0.15) is 0 Å². The van der Waals surface area contributed by atoms with E-state index in [0.29, 0.717) is 16.1 Å². The van der Waals surface area contributed by atoms with Gasteiger partial charge in [-0.25, -0.2) is 0 Å². The van der Waals surface area contributed by atoms with Crippen molar-refractivity contribution in [2.45, 2.75) is 169 Å². The number of hydrogen-bond acceptors (Lipinski definition) is 2. The maximum absolute atomic E-state index is 13.1. The van der Waals surface area contributed by atoms with E-state index in [-0.39, 0.29) is 22.6 Å². The second-order valence-electron chi connectivity index (χ2n) is 11.9. The van der Waals surface area contributed by atoms with Crippen LogP contribution in [-0.2, 0) is 4.79 Å². The Balaban J connectivity index is 5.30. The van der Waals surface area contributed by atoms with Crippen LogP contribution in [0.5, 0.6) is 0 Å². The van der Waals surface area contributed by atoms with Gasteiger partial charge in [-0.2, -0.15) is 11.8 Å². The van der Waals surface area contributed by atoms with Crippen LogP contribution >= 0.6 is 11.8 Å². The molecule has 0 aliphatic rings. The van der Waals surface area contributed by atoms with Gasteiger partial charge in [0.15, 0.2) is 0 Å². The molecule has 33 heavy (non-hydrogen) atoms. The van der Waals surface area contributed by atoms with Crippen LogP contribution in [0.15, 0.2) is 0 Å². The Morgan fingerprint density at radius 2 is 1.48 bits per heavy atom. The molecule has 0 aromatic rings. The molecule has 1 amide bonds. The van der Waals surface area contributed by atoms with Gasteiger partial charge < -0.3 is 5.32 Å². The monoisotopic (exact) mass is 483 g/mol. The number of nitrogens with one attached hydrogen (secondary N) is 1. The van der Waals surface area contributed by atoms with Gasteiger partial charge in [-0.15, -0.1) is 0 Å². The zero-order valence-corrected chi connectivity index (χ0v) is 25.4. The maximum Gasteiger partial charge on any atom is 0.223 e. The fourth-order valence-electron chi connectivity index (χ4n) is 5.35. The van der Waals surface area contributed by atoms with Crippen LogP contribution in [0.2, 0.25) is 0 Å². The lowest BCUT2D eigenvalue weighted by molar-refractivity contribution is -0.126. The van der Waals surface area contributed by atoms with E-state index in [0.717, 1.165) is 25.7 Å². The van der Waals surface area contributed by atoms with Crippen LogP contribution in [0.25, 0.3) is 0 Å². The summed E-state index contributed by atoms with van der Waals surface area (Å²) >= 11 is 2.19. The summed E-state index contributed by atoms with van der Waals surface area (Å²) in [7, 11) is 0. The summed E-state index contributed by atoms with van der Waals surface area (Å²) in [4.78, 5) is 13.1. The molecular weight excluding hydrogens is 422 g/mol. The zero-order chi connectivity index (χ0) is 25.7. The van der Waals surface area contributed by atoms with Crippen LogP contribution in [0.1, 0.15) is 153 Å². The highest BCUT2D eigenvalue weighted by Gasteiger charge is 2.41. The van der Waals surface area contributed by atoms with Crippen LogP contribution in [-0.4, -0.2) is 21.9 Å². The third-order valence-electron chi connectivity index (χ3n) is 8.79. The Kier molecular flexibility index (Phi) is 15.7. The summed E-state index contributed by atoms with van der Waals surface area (Å²) in [5.41, 5.74) is 0.702. The molecular formula is C30H61NOS. The topological polar surface area (TPSA) is 29.1 Å². The Bertz CT molecular complexity index is 533. The molecule has 1 N–H and O–H groups in total. The van der Waals surface area contributed by atoms with Crippen molar-refractivity contribution in [3.63, 3.8) is 0 Å². The second kappa shape index (κ2) is 15.7. The summed E-state index contributed by atoms with van der Waals surface area (Å²) in [6.07, 6.45) is 14.1. The second-order valence-corrected chi connectivity index (χ2v) is 13.8. The lowest BCUT2D eigenvalue weighted by atomic mass is 9.61. The van der Waals surface area contributed by atoms with Gasteiger partial charge >= 0.3 is 0 Å². The van der Waals surface area contributed by atoms with Gasteiger partial charge in [0, 0.05) is 22.0 Å². The summed E-state index contributed by atoms with van der Waals surface area (Å²) < 4.78 is 0.147. The first kappa shape index (κ1) is 32.8. The van der Waals surface area contributed by atoms with Crippen LogP contribution in [0, 0.1) is 16.7 Å². The highest BCUT2D eigenvalue weighted by atomic mass is 32.2. The Labute approximate surface area is 213 Å². The van der Waals surface area contributed by atoms with E-state index >= 15 is 0 Å². The van der Waals surface area contributed by atoms with E-state index < -0.39 is 0 Å². The average Bonchev–Trinajstić information content (AvgIpc) is 2.76. The summed E-state index contributed by atoms with van der Waals surface area (Å²) in [6, 6.07) is 0.285. The SMILES string of the molecule is CCCCCC(C)NC(=O)C(CC)CC(C)(CC)SC(CC)CC(C)(CC)C(C)(C)CCC. The largest absolute Gasteiger partial charge is 0.353 e. The van der Waals surface area contributed by atoms with Gasteiger partial charge in [0.2, 0.25) is 5.91 Å². The van der Waals surface area contributed by atoms with E-state index in [1.807, 2.05) is 0 Å². The molecule has 0 bridgehead atoms. The van der Waals surface area contributed by atoms with E-state index in [1.165, 1.54) is 51.4 Å². The molecule has 3 heteroatoms.